The van der Waals surface area contributed by atoms with Crippen LogP contribution in [0.4, 0.5) is 27.6 Å². The van der Waals surface area contributed by atoms with E-state index in [0.717, 1.165) is 18.3 Å². The monoisotopic (exact) mass is 385 g/mol. The lowest BCUT2D eigenvalue weighted by Gasteiger charge is -2.09. The molecule has 0 aliphatic carbocycles. The fraction of sp³-hybridized carbons (Fsp3) is 0.111. The second-order valence-corrected chi connectivity index (χ2v) is 5.11. The van der Waals surface area contributed by atoms with E-state index in [1.54, 1.807) is 0 Å². The van der Waals surface area contributed by atoms with Gasteiger partial charge in [-0.05, 0) is 37.3 Å². The third-order valence-electron chi connectivity index (χ3n) is 3.31. The van der Waals surface area contributed by atoms with E-state index in [9.17, 15) is 31.5 Å². The molecule has 9 heteroatoms. The summed E-state index contributed by atoms with van der Waals surface area (Å²) in [5.41, 5.74) is -1.74. The van der Waals surface area contributed by atoms with Crippen molar-refractivity contribution >= 4 is 17.4 Å². The molecule has 0 unspecified atom stereocenters. The third-order valence-corrected chi connectivity index (χ3v) is 3.31. The molecule has 0 saturated carbocycles. The number of ether oxygens (including phenoxy) is 1. The molecule has 0 bridgehead atoms. The number of hydrogen-bond acceptors (Lipinski definition) is 4. The van der Waals surface area contributed by atoms with Crippen LogP contribution in [0.1, 0.15) is 17.3 Å². The van der Waals surface area contributed by atoms with Gasteiger partial charge in [-0.1, -0.05) is 0 Å². The van der Waals surface area contributed by atoms with E-state index in [1.807, 2.05) is 0 Å². The SMILES string of the molecule is CCOC(=O)/C(=C/Nc1ccc(F)cc1)C(=O)c1cc(F)c(F)c(F)c1F. The van der Waals surface area contributed by atoms with Crippen LogP contribution in [0, 0.1) is 29.1 Å². The van der Waals surface area contributed by atoms with Crippen LogP contribution in [0.5, 0.6) is 0 Å². The molecule has 0 aliphatic heterocycles. The number of benzene rings is 2. The number of nitrogens with one attached hydrogen (secondary N) is 1. The van der Waals surface area contributed by atoms with E-state index in [2.05, 4.69) is 10.1 Å². The lowest BCUT2D eigenvalue weighted by Crippen LogP contribution is -2.19. The minimum atomic E-state index is -2.19. The fourth-order valence-corrected chi connectivity index (χ4v) is 2.01. The van der Waals surface area contributed by atoms with Gasteiger partial charge >= 0.3 is 5.97 Å². The minimum absolute atomic E-state index is 0.140. The molecule has 4 nitrogen and oxygen atoms in total. The number of rotatable bonds is 6. The van der Waals surface area contributed by atoms with Crippen molar-refractivity contribution in [3.05, 3.63) is 76.8 Å². The van der Waals surface area contributed by atoms with Crippen molar-refractivity contribution in [1.29, 1.82) is 0 Å². The van der Waals surface area contributed by atoms with Crippen LogP contribution in [0.25, 0.3) is 0 Å². The zero-order chi connectivity index (χ0) is 20.1. The summed E-state index contributed by atoms with van der Waals surface area (Å²) in [7, 11) is 0. The van der Waals surface area contributed by atoms with Gasteiger partial charge in [0.25, 0.3) is 0 Å². The Labute approximate surface area is 150 Å². The molecule has 1 N–H and O–H groups in total. The zero-order valence-electron chi connectivity index (χ0n) is 13.8. The molecule has 0 saturated heterocycles. The van der Waals surface area contributed by atoms with Gasteiger partial charge in [-0.3, -0.25) is 4.79 Å². The van der Waals surface area contributed by atoms with E-state index >= 15 is 0 Å². The molecule has 0 atom stereocenters. The normalized spacial score (nSPS) is 11.3. The van der Waals surface area contributed by atoms with Gasteiger partial charge in [0, 0.05) is 11.9 Å². The summed E-state index contributed by atoms with van der Waals surface area (Å²) < 4.78 is 71.2. The molecule has 142 valence electrons. The van der Waals surface area contributed by atoms with Crippen LogP contribution < -0.4 is 5.32 Å². The van der Waals surface area contributed by atoms with Gasteiger partial charge in [0.15, 0.2) is 23.3 Å². The number of esters is 1. The summed E-state index contributed by atoms with van der Waals surface area (Å²) >= 11 is 0. The third kappa shape index (κ3) is 4.49. The Balaban J connectivity index is 2.45. The van der Waals surface area contributed by atoms with Crippen molar-refractivity contribution in [2.75, 3.05) is 11.9 Å². The maximum absolute atomic E-state index is 13.9. The molecule has 2 aromatic rings. The average molecular weight is 385 g/mol. The van der Waals surface area contributed by atoms with Gasteiger partial charge < -0.3 is 10.1 Å². The van der Waals surface area contributed by atoms with Crippen LogP contribution in [-0.4, -0.2) is 18.4 Å². The van der Waals surface area contributed by atoms with Crippen LogP contribution in [0.3, 0.4) is 0 Å². The number of hydrogen-bond donors (Lipinski definition) is 1. The molecule has 0 spiro atoms. The second kappa shape index (κ2) is 8.43. The zero-order valence-corrected chi connectivity index (χ0v) is 13.8. The van der Waals surface area contributed by atoms with Gasteiger partial charge in [-0.15, -0.1) is 0 Å². The smallest absolute Gasteiger partial charge is 0.343 e. The summed E-state index contributed by atoms with van der Waals surface area (Å²) in [4.78, 5) is 24.4. The number of ketones is 1. The molecule has 0 fully saturated rings. The lowest BCUT2D eigenvalue weighted by molar-refractivity contribution is -0.138. The molecule has 0 aromatic heterocycles. The Morgan fingerprint density at radius 2 is 1.63 bits per heavy atom. The van der Waals surface area contributed by atoms with Gasteiger partial charge in [-0.25, -0.2) is 26.7 Å². The van der Waals surface area contributed by atoms with Crippen molar-refractivity contribution < 1.29 is 36.3 Å². The predicted molar refractivity (Wildman–Crippen MR) is 85.3 cm³/mol. The maximum atomic E-state index is 13.9. The Morgan fingerprint density at radius 3 is 2.22 bits per heavy atom. The van der Waals surface area contributed by atoms with Crippen molar-refractivity contribution in [2.45, 2.75) is 6.92 Å². The molecule has 27 heavy (non-hydrogen) atoms. The quantitative estimate of drug-likeness (QED) is 0.119. The second-order valence-electron chi connectivity index (χ2n) is 5.11. The van der Waals surface area contributed by atoms with Gasteiger partial charge in [0.05, 0.1) is 12.2 Å². The number of carbonyl (C=O) groups is 2. The van der Waals surface area contributed by atoms with Crippen molar-refractivity contribution in [1.82, 2.24) is 0 Å². The first-order chi connectivity index (χ1) is 12.8. The number of anilines is 1. The largest absolute Gasteiger partial charge is 0.462 e. The van der Waals surface area contributed by atoms with Crippen LogP contribution in [-0.2, 0) is 9.53 Å². The molecule has 0 amide bonds. The Kier molecular flexibility index (Phi) is 6.27. The van der Waals surface area contributed by atoms with Crippen LogP contribution in [0.2, 0.25) is 0 Å². The highest BCUT2D eigenvalue weighted by atomic mass is 19.2. The highest BCUT2D eigenvalue weighted by molar-refractivity contribution is 6.24. The lowest BCUT2D eigenvalue weighted by atomic mass is 10.0. The summed E-state index contributed by atoms with van der Waals surface area (Å²) in [5, 5.41) is 2.49. The van der Waals surface area contributed by atoms with Crippen LogP contribution in [0.15, 0.2) is 42.1 Å². The first kappa shape index (κ1) is 20.1. The molecular formula is C18H12F5NO3. The maximum Gasteiger partial charge on any atom is 0.343 e. The van der Waals surface area contributed by atoms with Crippen molar-refractivity contribution in [2.24, 2.45) is 0 Å². The number of halogens is 5. The van der Waals surface area contributed by atoms with Gasteiger partial charge in [-0.2, -0.15) is 0 Å². The first-order valence-corrected chi connectivity index (χ1v) is 7.53. The first-order valence-electron chi connectivity index (χ1n) is 7.53. The summed E-state index contributed by atoms with van der Waals surface area (Å²) in [6.07, 6.45) is 0.812. The number of carbonyl (C=O) groups excluding carboxylic acids is 2. The highest BCUT2D eigenvalue weighted by Crippen LogP contribution is 2.22. The van der Waals surface area contributed by atoms with Gasteiger partial charge in [0.2, 0.25) is 5.78 Å². The predicted octanol–water partition coefficient (Wildman–Crippen LogP) is 4.12. The molecule has 0 heterocycles. The molecule has 2 aromatic carbocycles. The highest BCUT2D eigenvalue weighted by Gasteiger charge is 2.28. The van der Waals surface area contributed by atoms with Crippen molar-refractivity contribution in [3.63, 3.8) is 0 Å². The Hall–Kier alpha value is -3.23. The van der Waals surface area contributed by atoms with Crippen molar-refractivity contribution in [3.8, 4) is 0 Å². The van der Waals surface area contributed by atoms with Gasteiger partial charge in [0.1, 0.15) is 11.4 Å². The summed E-state index contributed by atoms with van der Waals surface area (Å²) in [6.45, 7) is 1.29. The molecule has 2 rings (SSSR count). The molecule has 0 aliphatic rings. The molecule has 0 radical (unpaired) electrons. The summed E-state index contributed by atoms with van der Waals surface area (Å²) in [6, 6.07) is 4.87. The van der Waals surface area contributed by atoms with E-state index < -0.39 is 52.0 Å². The topological polar surface area (TPSA) is 55.4 Å². The minimum Gasteiger partial charge on any atom is -0.462 e. The fourth-order valence-electron chi connectivity index (χ4n) is 2.01. The Bertz CT molecular complexity index is 910. The van der Waals surface area contributed by atoms with E-state index in [0.29, 0.717) is 0 Å². The summed E-state index contributed by atoms with van der Waals surface area (Å²) in [5.74, 6) is -11.2. The van der Waals surface area contributed by atoms with Crippen LogP contribution >= 0.6 is 0 Å². The number of Topliss-reactive ketones (excluding diaryl/α,β-unsaturated/α-hetero) is 1. The molecular weight excluding hydrogens is 373 g/mol. The van der Waals surface area contributed by atoms with E-state index in [-0.39, 0.29) is 18.4 Å². The standard InChI is InChI=1S/C18H12F5NO3/c1-2-27-18(26)12(8-24-10-5-3-9(19)4-6-10)17(25)11-7-13(20)15(22)16(23)14(11)21/h3-8,24H,2H2,1H3/b12-8+. The van der Waals surface area contributed by atoms with E-state index in [4.69, 9.17) is 0 Å². The average Bonchev–Trinajstić information content (AvgIpc) is 2.64. The Morgan fingerprint density at radius 1 is 1.00 bits per heavy atom. The van der Waals surface area contributed by atoms with E-state index in [1.165, 1.54) is 19.1 Å².